The molecule has 0 bridgehead atoms. The molecule has 0 saturated carbocycles. The van der Waals surface area contributed by atoms with E-state index in [0.29, 0.717) is 18.8 Å². The molecule has 0 fully saturated rings. The zero-order valence-electron chi connectivity index (χ0n) is 31.0. The van der Waals surface area contributed by atoms with Gasteiger partial charge in [-0.05, 0) is 36.1 Å². The fourth-order valence-electron chi connectivity index (χ4n) is 4.82. The van der Waals surface area contributed by atoms with Crippen LogP contribution in [0.4, 0.5) is 0 Å². The van der Waals surface area contributed by atoms with E-state index in [0.717, 1.165) is 50.1 Å². The topological polar surface area (TPSA) is 250 Å². The Labute approximate surface area is 308 Å². The first-order valence-corrected chi connectivity index (χ1v) is 18.8. The minimum Gasteiger partial charge on any atom is -0.494 e. The highest BCUT2D eigenvalue weighted by atomic mass is 31.2. The van der Waals surface area contributed by atoms with E-state index in [1.807, 2.05) is 25.1 Å². The van der Waals surface area contributed by atoms with Crippen LogP contribution < -0.4 is 26.0 Å². The van der Waals surface area contributed by atoms with Gasteiger partial charge in [0.25, 0.3) is 0 Å². The normalized spacial score (nSPS) is 14.5. The molecule has 296 valence electrons. The van der Waals surface area contributed by atoms with Crippen molar-refractivity contribution < 1.29 is 61.5 Å². The summed E-state index contributed by atoms with van der Waals surface area (Å²) in [6.45, 7) is 7.56. The number of hydrogen-bond donors (Lipinski definition) is 6. The Balaban J connectivity index is 1.91. The Morgan fingerprint density at radius 2 is 1.66 bits per heavy atom. The first-order valence-electron chi connectivity index (χ1n) is 17.3. The van der Waals surface area contributed by atoms with Crippen LogP contribution in [-0.4, -0.2) is 103 Å². The predicted molar refractivity (Wildman–Crippen MR) is 191 cm³/mol. The van der Waals surface area contributed by atoms with Crippen LogP contribution in [0.5, 0.6) is 5.75 Å². The number of carbonyl (C=O) groups excluding carboxylic acids is 6. The quantitative estimate of drug-likeness (QED) is 0.0507. The summed E-state index contributed by atoms with van der Waals surface area (Å²) in [7, 11) is -4.80. The van der Waals surface area contributed by atoms with Crippen LogP contribution in [0.3, 0.4) is 0 Å². The lowest BCUT2D eigenvalue weighted by atomic mass is 9.98. The van der Waals surface area contributed by atoms with Crippen molar-refractivity contribution in [2.24, 2.45) is 5.92 Å². The zero-order valence-corrected chi connectivity index (χ0v) is 31.9. The van der Waals surface area contributed by atoms with Gasteiger partial charge in [-0.15, -0.1) is 0 Å². The molecule has 1 heterocycles. The van der Waals surface area contributed by atoms with Gasteiger partial charge in [0.2, 0.25) is 23.6 Å². The zero-order chi connectivity index (χ0) is 39.6. The number of phosphoric ester groups is 1. The number of ether oxygens (including phenoxy) is 3. The fourth-order valence-corrected chi connectivity index (χ4v) is 5.56. The third-order valence-corrected chi connectivity index (χ3v) is 8.72. The smallest absolute Gasteiger partial charge is 0.472 e. The van der Waals surface area contributed by atoms with Gasteiger partial charge in [0.1, 0.15) is 24.4 Å². The van der Waals surface area contributed by atoms with Crippen molar-refractivity contribution >= 4 is 54.3 Å². The minimum absolute atomic E-state index is 0.00529. The molecule has 0 aliphatic carbocycles. The molecule has 1 unspecified atom stereocenters. The molecule has 0 saturated heterocycles. The maximum atomic E-state index is 13.1. The molecule has 0 aliphatic rings. The van der Waals surface area contributed by atoms with E-state index >= 15 is 0 Å². The summed E-state index contributed by atoms with van der Waals surface area (Å²) >= 11 is 0. The van der Waals surface area contributed by atoms with Crippen LogP contribution in [0.15, 0.2) is 24.4 Å². The highest BCUT2D eigenvalue weighted by Gasteiger charge is 2.29. The summed E-state index contributed by atoms with van der Waals surface area (Å²) in [4.78, 5) is 86.5. The van der Waals surface area contributed by atoms with E-state index in [2.05, 4.69) is 33.2 Å². The monoisotopic (exact) mass is 769 g/mol. The number of hydrogen-bond acceptors (Lipinski definition) is 12. The maximum Gasteiger partial charge on any atom is 0.472 e. The average Bonchev–Trinajstić information content (AvgIpc) is 3.49. The van der Waals surface area contributed by atoms with Crippen molar-refractivity contribution in [3.05, 3.63) is 30.0 Å². The number of aromatic amines is 1. The fraction of sp³-hybridized carbons (Fsp3) is 0.588. The van der Waals surface area contributed by atoms with E-state index in [4.69, 9.17) is 23.3 Å². The lowest BCUT2D eigenvalue weighted by molar-refractivity contribution is -0.156. The van der Waals surface area contributed by atoms with Crippen LogP contribution >= 0.6 is 7.82 Å². The number of nitrogens with one attached hydrogen (secondary N) is 5. The van der Waals surface area contributed by atoms with E-state index in [9.17, 15) is 38.2 Å². The number of esters is 2. The maximum absolute atomic E-state index is 13.1. The summed E-state index contributed by atoms with van der Waals surface area (Å²) in [5.74, 6) is -3.32. The standard InChI is InChI=1S/C34H52N5O13P/c1-7-9-13-48-26-10-11-29-28(16-26)25(17-36-29)15-31(43)39-32(21(3)8-2)34(45)35-12-14-50-53(46,47)51-20-30(38-22(4)40)33(44)37-18-27(52-24(6)42)19-49-23(5)41/h10-11,16-17,21,27,30,32,36H,7-9,12-15,18-20H2,1-6H3,(H,35,45)(H,37,44)(H,38,40)(H,39,43)(H,46,47)/t21-,27-,30+,32-/m0/s1. The van der Waals surface area contributed by atoms with Gasteiger partial charge in [0.15, 0.2) is 6.10 Å². The van der Waals surface area contributed by atoms with E-state index in [-0.39, 0.29) is 37.9 Å². The molecule has 1 aromatic carbocycles. The number of fused-ring (bicyclic) bond motifs is 1. The minimum atomic E-state index is -4.80. The molecule has 0 spiro atoms. The van der Waals surface area contributed by atoms with E-state index in [1.165, 1.54) is 0 Å². The summed E-state index contributed by atoms with van der Waals surface area (Å²) in [5, 5.41) is 10.9. The molecule has 2 rings (SSSR count). The molecule has 2 aromatic rings. The highest BCUT2D eigenvalue weighted by molar-refractivity contribution is 7.47. The number of carbonyl (C=O) groups is 6. The second kappa shape index (κ2) is 22.5. The van der Waals surface area contributed by atoms with Crippen LogP contribution in [0, 0.1) is 5.92 Å². The molecule has 53 heavy (non-hydrogen) atoms. The number of amides is 4. The van der Waals surface area contributed by atoms with Gasteiger partial charge >= 0.3 is 19.8 Å². The molecular formula is C34H52N5O13P. The van der Waals surface area contributed by atoms with Gasteiger partial charge < -0.3 is 45.4 Å². The van der Waals surface area contributed by atoms with Crippen LogP contribution in [0.2, 0.25) is 0 Å². The van der Waals surface area contributed by atoms with Gasteiger partial charge in [-0.1, -0.05) is 33.6 Å². The summed E-state index contributed by atoms with van der Waals surface area (Å²) in [6, 6.07) is 3.24. The molecule has 4 amide bonds. The number of benzene rings is 1. The summed E-state index contributed by atoms with van der Waals surface area (Å²) < 4.78 is 38.0. The predicted octanol–water partition coefficient (Wildman–Crippen LogP) is 1.79. The Morgan fingerprint density at radius 3 is 2.30 bits per heavy atom. The van der Waals surface area contributed by atoms with Crippen molar-refractivity contribution in [1.29, 1.82) is 0 Å². The second-order valence-corrected chi connectivity index (χ2v) is 13.7. The van der Waals surface area contributed by atoms with Crippen molar-refractivity contribution in [1.82, 2.24) is 26.3 Å². The van der Waals surface area contributed by atoms with Gasteiger partial charge in [0, 0.05) is 44.4 Å². The van der Waals surface area contributed by atoms with Gasteiger partial charge in [0.05, 0.1) is 32.8 Å². The average molecular weight is 770 g/mol. The molecule has 0 aliphatic heterocycles. The number of rotatable bonds is 24. The number of aromatic nitrogens is 1. The van der Waals surface area contributed by atoms with Crippen molar-refractivity contribution in [2.75, 3.05) is 39.5 Å². The van der Waals surface area contributed by atoms with Crippen molar-refractivity contribution in [3.8, 4) is 5.75 Å². The van der Waals surface area contributed by atoms with E-state index in [1.54, 1.807) is 13.1 Å². The van der Waals surface area contributed by atoms with Crippen LogP contribution in [0.1, 0.15) is 66.4 Å². The second-order valence-electron chi connectivity index (χ2n) is 12.3. The Bertz CT molecular complexity index is 1600. The molecule has 18 nitrogen and oxygen atoms in total. The lowest BCUT2D eigenvalue weighted by Gasteiger charge is -2.24. The molecule has 5 atom stereocenters. The van der Waals surface area contributed by atoms with Crippen molar-refractivity contribution in [3.63, 3.8) is 0 Å². The summed E-state index contributed by atoms with van der Waals surface area (Å²) in [6.07, 6.45) is 3.20. The van der Waals surface area contributed by atoms with Crippen LogP contribution in [-0.2, 0) is 58.3 Å². The van der Waals surface area contributed by atoms with Gasteiger partial charge in [-0.2, -0.15) is 0 Å². The largest absolute Gasteiger partial charge is 0.494 e. The molecule has 1 aromatic heterocycles. The Hall–Kier alpha value is -4.51. The third-order valence-electron chi connectivity index (χ3n) is 7.73. The first kappa shape index (κ1) is 44.7. The molecular weight excluding hydrogens is 717 g/mol. The third kappa shape index (κ3) is 16.8. The van der Waals surface area contributed by atoms with Crippen LogP contribution in [0.25, 0.3) is 10.9 Å². The highest BCUT2D eigenvalue weighted by Crippen LogP contribution is 2.42. The van der Waals surface area contributed by atoms with Gasteiger partial charge in [-0.3, -0.25) is 37.8 Å². The van der Waals surface area contributed by atoms with Crippen molar-refractivity contribution in [2.45, 2.75) is 85.4 Å². The molecule has 0 radical (unpaired) electrons. The Morgan fingerprint density at radius 1 is 0.925 bits per heavy atom. The number of unbranched alkanes of at least 4 members (excludes halogenated alkanes) is 1. The Kier molecular flexibility index (Phi) is 19.0. The number of phosphoric acid groups is 1. The van der Waals surface area contributed by atoms with Gasteiger partial charge in [-0.25, -0.2) is 4.57 Å². The lowest BCUT2D eigenvalue weighted by Crippen LogP contribution is -2.51. The molecule has 6 N–H and O–H groups in total. The number of H-pyrrole nitrogens is 1. The molecule has 19 heteroatoms. The first-order chi connectivity index (χ1) is 25.0. The van der Waals surface area contributed by atoms with E-state index < -0.39 is 68.9 Å². The summed E-state index contributed by atoms with van der Waals surface area (Å²) in [5.41, 5.74) is 1.57. The SMILES string of the molecule is CCCCOc1ccc2[nH]cc(CC(=O)N[C@H](C(=O)NCCOP(=O)(O)OC[C@@H](NC(C)=O)C(=O)NC[C@@H](COC(C)=O)OC(C)=O)[C@@H](C)CC)c2c1.